The third-order valence-corrected chi connectivity index (χ3v) is 3.73. The SMILES string of the molecule is COc1ccc(-c2cc(C(F)(F)F)c(C#N)c(-c3ccccn3)n2)cc1. The quantitative estimate of drug-likeness (QED) is 0.683. The highest BCUT2D eigenvalue weighted by Gasteiger charge is 2.36. The molecule has 0 aliphatic carbocycles. The molecule has 0 N–H and O–H groups in total. The van der Waals surface area contributed by atoms with Gasteiger partial charge in [-0.1, -0.05) is 6.07 Å². The summed E-state index contributed by atoms with van der Waals surface area (Å²) >= 11 is 0. The van der Waals surface area contributed by atoms with Crippen LogP contribution in [0.2, 0.25) is 0 Å². The Balaban J connectivity index is 2.28. The molecular formula is C19H12F3N3O. The molecule has 0 saturated carbocycles. The predicted octanol–water partition coefficient (Wildman–Crippen LogP) is 4.71. The van der Waals surface area contributed by atoms with Gasteiger partial charge in [0, 0.05) is 11.8 Å². The molecule has 1 aromatic carbocycles. The number of nitriles is 1. The average Bonchev–Trinajstić information content (AvgIpc) is 2.67. The van der Waals surface area contributed by atoms with E-state index in [-0.39, 0.29) is 17.1 Å². The summed E-state index contributed by atoms with van der Waals surface area (Å²) in [5, 5.41) is 9.32. The Labute approximate surface area is 147 Å². The van der Waals surface area contributed by atoms with Crippen molar-refractivity contribution in [3.8, 4) is 34.5 Å². The molecule has 0 saturated heterocycles. The van der Waals surface area contributed by atoms with Crippen molar-refractivity contribution in [3.63, 3.8) is 0 Å². The van der Waals surface area contributed by atoms with Gasteiger partial charge in [-0.3, -0.25) is 4.98 Å². The van der Waals surface area contributed by atoms with E-state index in [4.69, 9.17) is 4.74 Å². The molecule has 4 nitrogen and oxygen atoms in total. The molecule has 0 bridgehead atoms. The van der Waals surface area contributed by atoms with Gasteiger partial charge in [-0.15, -0.1) is 0 Å². The highest BCUT2D eigenvalue weighted by molar-refractivity contribution is 5.72. The molecule has 0 aliphatic heterocycles. The molecule has 26 heavy (non-hydrogen) atoms. The van der Waals surface area contributed by atoms with E-state index >= 15 is 0 Å². The van der Waals surface area contributed by atoms with E-state index in [2.05, 4.69) is 9.97 Å². The van der Waals surface area contributed by atoms with E-state index < -0.39 is 17.3 Å². The zero-order valence-corrected chi connectivity index (χ0v) is 13.6. The highest BCUT2D eigenvalue weighted by Crippen LogP contribution is 2.37. The first-order valence-corrected chi connectivity index (χ1v) is 7.52. The number of nitrogens with zero attached hydrogens (tertiary/aromatic N) is 3. The topological polar surface area (TPSA) is 58.8 Å². The Morgan fingerprint density at radius 3 is 2.31 bits per heavy atom. The van der Waals surface area contributed by atoms with E-state index in [1.54, 1.807) is 42.5 Å². The van der Waals surface area contributed by atoms with Crippen LogP contribution in [-0.2, 0) is 6.18 Å². The van der Waals surface area contributed by atoms with Gasteiger partial charge in [0.2, 0.25) is 0 Å². The minimum Gasteiger partial charge on any atom is -0.497 e. The molecule has 0 radical (unpaired) electrons. The van der Waals surface area contributed by atoms with E-state index in [1.807, 2.05) is 0 Å². The third-order valence-electron chi connectivity index (χ3n) is 3.73. The van der Waals surface area contributed by atoms with Crippen molar-refractivity contribution in [3.05, 3.63) is 65.9 Å². The van der Waals surface area contributed by atoms with Crippen LogP contribution in [0.15, 0.2) is 54.7 Å². The fourth-order valence-corrected chi connectivity index (χ4v) is 2.48. The van der Waals surface area contributed by atoms with Gasteiger partial charge in [-0.25, -0.2) is 4.98 Å². The van der Waals surface area contributed by atoms with Crippen molar-refractivity contribution in [2.24, 2.45) is 0 Å². The molecule has 0 unspecified atom stereocenters. The first-order chi connectivity index (χ1) is 12.4. The van der Waals surface area contributed by atoms with Crippen LogP contribution in [0.4, 0.5) is 13.2 Å². The summed E-state index contributed by atoms with van der Waals surface area (Å²) in [6.45, 7) is 0. The first kappa shape index (κ1) is 17.4. The zero-order chi connectivity index (χ0) is 18.7. The summed E-state index contributed by atoms with van der Waals surface area (Å²) in [4.78, 5) is 8.33. The second kappa shape index (κ2) is 6.84. The van der Waals surface area contributed by atoms with Crippen LogP contribution in [-0.4, -0.2) is 17.1 Å². The normalized spacial score (nSPS) is 11.0. The Morgan fingerprint density at radius 1 is 1.04 bits per heavy atom. The van der Waals surface area contributed by atoms with Crippen molar-refractivity contribution in [2.75, 3.05) is 7.11 Å². The number of ether oxygens (including phenoxy) is 1. The molecule has 130 valence electrons. The molecule has 0 aliphatic rings. The summed E-state index contributed by atoms with van der Waals surface area (Å²) < 4.78 is 45.6. The Bertz CT molecular complexity index is 962. The third kappa shape index (κ3) is 3.35. The number of rotatable bonds is 3. The molecule has 2 aromatic heterocycles. The smallest absolute Gasteiger partial charge is 0.417 e. The van der Waals surface area contributed by atoms with Crippen LogP contribution in [0.1, 0.15) is 11.1 Å². The van der Waals surface area contributed by atoms with E-state index in [1.165, 1.54) is 19.4 Å². The van der Waals surface area contributed by atoms with Gasteiger partial charge in [-0.05, 0) is 42.5 Å². The van der Waals surface area contributed by atoms with Crippen LogP contribution < -0.4 is 4.74 Å². The second-order valence-electron chi connectivity index (χ2n) is 5.33. The predicted molar refractivity (Wildman–Crippen MR) is 89.2 cm³/mol. The first-order valence-electron chi connectivity index (χ1n) is 7.52. The minimum absolute atomic E-state index is 0.0969. The van der Waals surface area contributed by atoms with Crippen molar-refractivity contribution < 1.29 is 17.9 Å². The fourth-order valence-electron chi connectivity index (χ4n) is 2.48. The largest absolute Gasteiger partial charge is 0.497 e. The van der Waals surface area contributed by atoms with Crippen molar-refractivity contribution in [2.45, 2.75) is 6.18 Å². The van der Waals surface area contributed by atoms with Crippen LogP contribution in [0.25, 0.3) is 22.6 Å². The van der Waals surface area contributed by atoms with Gasteiger partial charge in [-0.2, -0.15) is 18.4 Å². The number of hydrogen-bond acceptors (Lipinski definition) is 4. The number of benzene rings is 1. The Morgan fingerprint density at radius 2 is 1.77 bits per heavy atom. The molecule has 7 heteroatoms. The summed E-state index contributed by atoms with van der Waals surface area (Å²) in [6, 6.07) is 13.7. The summed E-state index contributed by atoms with van der Waals surface area (Å²) in [7, 11) is 1.50. The maximum absolute atomic E-state index is 13.5. The standard InChI is InChI=1S/C19H12F3N3O/c1-26-13-7-5-12(6-8-13)17-10-15(19(20,21)22)14(11-23)18(25-17)16-4-2-3-9-24-16/h2-10H,1H3. The average molecular weight is 355 g/mol. The molecule has 0 atom stereocenters. The van der Waals surface area contributed by atoms with Crippen LogP contribution in [0.3, 0.4) is 0 Å². The van der Waals surface area contributed by atoms with Gasteiger partial charge < -0.3 is 4.74 Å². The van der Waals surface area contributed by atoms with Crippen molar-refractivity contribution in [1.82, 2.24) is 9.97 Å². The Kier molecular flexibility index (Phi) is 4.59. The van der Waals surface area contributed by atoms with E-state index in [9.17, 15) is 18.4 Å². The van der Waals surface area contributed by atoms with Crippen molar-refractivity contribution >= 4 is 0 Å². The summed E-state index contributed by atoms with van der Waals surface area (Å²) in [5.74, 6) is 0.573. The number of hydrogen-bond donors (Lipinski definition) is 0. The van der Waals surface area contributed by atoms with E-state index in [0.717, 1.165) is 6.07 Å². The van der Waals surface area contributed by atoms with Gasteiger partial charge in [0.1, 0.15) is 17.5 Å². The number of aromatic nitrogens is 2. The molecule has 0 spiro atoms. The van der Waals surface area contributed by atoms with Gasteiger partial charge in [0.05, 0.1) is 29.6 Å². The van der Waals surface area contributed by atoms with Crippen molar-refractivity contribution in [1.29, 1.82) is 5.26 Å². The lowest BCUT2D eigenvalue weighted by Crippen LogP contribution is -2.11. The molecule has 3 aromatic rings. The number of methoxy groups -OCH3 is 1. The maximum atomic E-state index is 13.5. The lowest BCUT2D eigenvalue weighted by molar-refractivity contribution is -0.137. The van der Waals surface area contributed by atoms with Gasteiger partial charge in [0.25, 0.3) is 0 Å². The van der Waals surface area contributed by atoms with Crippen LogP contribution in [0, 0.1) is 11.3 Å². The summed E-state index contributed by atoms with van der Waals surface area (Å²) in [5.41, 5.74) is -0.925. The lowest BCUT2D eigenvalue weighted by Gasteiger charge is -2.14. The fraction of sp³-hybridized carbons (Fsp3) is 0.105. The molecular weight excluding hydrogens is 343 g/mol. The molecule has 0 amide bonds. The molecule has 2 heterocycles. The summed E-state index contributed by atoms with van der Waals surface area (Å²) in [6.07, 6.45) is -3.26. The maximum Gasteiger partial charge on any atom is 0.417 e. The zero-order valence-electron chi connectivity index (χ0n) is 13.6. The van der Waals surface area contributed by atoms with Gasteiger partial charge in [0.15, 0.2) is 0 Å². The van der Waals surface area contributed by atoms with E-state index in [0.29, 0.717) is 11.3 Å². The van der Waals surface area contributed by atoms with Gasteiger partial charge >= 0.3 is 6.18 Å². The Hall–Kier alpha value is -3.40. The highest BCUT2D eigenvalue weighted by atomic mass is 19.4. The monoisotopic (exact) mass is 355 g/mol. The molecule has 3 rings (SSSR count). The number of halogens is 3. The van der Waals surface area contributed by atoms with Crippen LogP contribution >= 0.6 is 0 Å². The lowest BCUT2D eigenvalue weighted by atomic mass is 10.0. The molecule has 0 fully saturated rings. The number of alkyl halides is 3. The number of pyridine rings is 2. The minimum atomic E-state index is -4.70. The van der Waals surface area contributed by atoms with Crippen LogP contribution in [0.5, 0.6) is 5.75 Å². The second-order valence-corrected chi connectivity index (χ2v) is 5.33.